The lowest BCUT2D eigenvalue weighted by atomic mass is 10.3. The van der Waals surface area contributed by atoms with Crippen molar-refractivity contribution < 1.29 is 0 Å². The first-order chi connectivity index (χ1) is 10.1. The Morgan fingerprint density at radius 3 is 3.14 bits per heavy atom. The van der Waals surface area contributed by atoms with Crippen molar-refractivity contribution in [3.63, 3.8) is 0 Å². The molecule has 110 valence electrons. The Kier molecular flexibility index (Phi) is 4.09. The number of rotatable bonds is 5. The molecule has 0 radical (unpaired) electrons. The Hall–Kier alpha value is -1.64. The zero-order valence-corrected chi connectivity index (χ0v) is 13.3. The minimum Gasteiger partial charge on any atom is -0.309 e. The topological polar surface area (TPSA) is 75.1 Å². The molecule has 0 unspecified atom stereocenters. The van der Waals surface area contributed by atoms with Gasteiger partial charge in [-0.1, -0.05) is 13.8 Å². The molecule has 8 heteroatoms. The maximum atomic E-state index is 11.4. The molecule has 3 heterocycles. The lowest BCUT2D eigenvalue weighted by Crippen LogP contribution is -2.22. The van der Waals surface area contributed by atoms with E-state index >= 15 is 0 Å². The highest BCUT2D eigenvalue weighted by Crippen LogP contribution is 2.29. The normalized spacial score (nSPS) is 11.6. The summed E-state index contributed by atoms with van der Waals surface area (Å²) in [6.45, 7) is 4.93. The summed E-state index contributed by atoms with van der Waals surface area (Å²) in [5.74, 6) is 0. The van der Waals surface area contributed by atoms with Crippen LogP contribution in [0.25, 0.3) is 4.96 Å². The second kappa shape index (κ2) is 6.00. The summed E-state index contributed by atoms with van der Waals surface area (Å²) in [4.78, 5) is 23.8. The molecule has 21 heavy (non-hydrogen) atoms. The molecule has 0 bridgehead atoms. The zero-order chi connectivity index (χ0) is 14.8. The summed E-state index contributed by atoms with van der Waals surface area (Å²) < 4.78 is 2.07. The zero-order valence-electron chi connectivity index (χ0n) is 11.7. The molecule has 3 aromatic heterocycles. The number of H-pyrrole nitrogens is 1. The average Bonchev–Trinajstić information content (AvgIpc) is 2.97. The van der Waals surface area contributed by atoms with E-state index < -0.39 is 0 Å². The first-order valence-corrected chi connectivity index (χ1v) is 8.24. The number of hydrogen-bond acceptors (Lipinski definition) is 6. The van der Waals surface area contributed by atoms with Crippen molar-refractivity contribution in [1.82, 2.24) is 24.7 Å². The SMILES string of the molecule is CC(C)NCc1c(Sc2nccc(=O)[nH]2)nc2sccn12. The van der Waals surface area contributed by atoms with Crippen LogP contribution in [-0.4, -0.2) is 25.4 Å². The first-order valence-electron chi connectivity index (χ1n) is 6.54. The van der Waals surface area contributed by atoms with Gasteiger partial charge in [0.1, 0.15) is 5.03 Å². The summed E-state index contributed by atoms with van der Waals surface area (Å²) in [7, 11) is 0. The Labute approximate surface area is 129 Å². The van der Waals surface area contributed by atoms with Crippen LogP contribution >= 0.6 is 23.1 Å². The maximum Gasteiger partial charge on any atom is 0.251 e. The third-order valence-electron chi connectivity index (χ3n) is 2.84. The number of aromatic nitrogens is 4. The van der Waals surface area contributed by atoms with Crippen molar-refractivity contribution in [2.45, 2.75) is 36.6 Å². The van der Waals surface area contributed by atoms with E-state index in [0.717, 1.165) is 22.2 Å². The lowest BCUT2D eigenvalue weighted by Gasteiger charge is -2.08. The average molecular weight is 321 g/mol. The highest BCUT2D eigenvalue weighted by molar-refractivity contribution is 7.99. The molecule has 0 fully saturated rings. The number of hydrogen-bond donors (Lipinski definition) is 2. The van der Waals surface area contributed by atoms with Gasteiger partial charge in [0.15, 0.2) is 10.1 Å². The summed E-state index contributed by atoms with van der Waals surface area (Å²) in [6.07, 6.45) is 3.52. The Balaban J connectivity index is 1.95. The van der Waals surface area contributed by atoms with Crippen molar-refractivity contribution in [3.8, 4) is 0 Å². The lowest BCUT2D eigenvalue weighted by molar-refractivity contribution is 0.574. The largest absolute Gasteiger partial charge is 0.309 e. The quantitative estimate of drug-likeness (QED) is 0.704. The van der Waals surface area contributed by atoms with Crippen LogP contribution in [0.5, 0.6) is 0 Å². The number of aromatic amines is 1. The van der Waals surface area contributed by atoms with Gasteiger partial charge < -0.3 is 10.3 Å². The number of nitrogens with one attached hydrogen (secondary N) is 2. The molecule has 0 aliphatic carbocycles. The van der Waals surface area contributed by atoms with Crippen LogP contribution in [0.4, 0.5) is 0 Å². The van der Waals surface area contributed by atoms with E-state index in [-0.39, 0.29) is 5.56 Å². The second-order valence-electron chi connectivity index (χ2n) is 4.80. The van der Waals surface area contributed by atoms with Gasteiger partial charge in [0.25, 0.3) is 5.56 Å². The molecule has 2 N–H and O–H groups in total. The predicted molar refractivity (Wildman–Crippen MR) is 84.0 cm³/mol. The molecule has 0 saturated carbocycles. The van der Waals surface area contributed by atoms with Crippen molar-refractivity contribution >= 4 is 28.1 Å². The highest BCUT2D eigenvalue weighted by atomic mass is 32.2. The van der Waals surface area contributed by atoms with Crippen molar-refractivity contribution in [2.24, 2.45) is 0 Å². The van der Waals surface area contributed by atoms with Gasteiger partial charge in [0.05, 0.1) is 5.69 Å². The smallest absolute Gasteiger partial charge is 0.251 e. The molecule has 3 aromatic rings. The third-order valence-corrected chi connectivity index (χ3v) is 4.52. The summed E-state index contributed by atoms with van der Waals surface area (Å²) in [5, 5.41) is 6.84. The fraction of sp³-hybridized carbons (Fsp3) is 0.308. The minimum atomic E-state index is -0.157. The molecular weight excluding hydrogens is 306 g/mol. The highest BCUT2D eigenvalue weighted by Gasteiger charge is 2.15. The Morgan fingerprint density at radius 2 is 2.38 bits per heavy atom. The molecule has 3 rings (SSSR count). The summed E-state index contributed by atoms with van der Waals surface area (Å²) >= 11 is 2.97. The maximum absolute atomic E-state index is 11.4. The van der Waals surface area contributed by atoms with E-state index in [2.05, 4.69) is 38.5 Å². The van der Waals surface area contributed by atoms with E-state index in [0.29, 0.717) is 11.2 Å². The van der Waals surface area contributed by atoms with Crippen molar-refractivity contribution in [2.75, 3.05) is 0 Å². The van der Waals surface area contributed by atoms with Gasteiger partial charge in [0, 0.05) is 36.4 Å². The van der Waals surface area contributed by atoms with E-state index in [1.807, 2.05) is 11.6 Å². The molecule has 0 amide bonds. The second-order valence-corrected chi connectivity index (χ2v) is 6.65. The van der Waals surface area contributed by atoms with E-state index in [1.54, 1.807) is 11.3 Å². The first kappa shape index (κ1) is 14.3. The van der Waals surface area contributed by atoms with Crippen LogP contribution < -0.4 is 10.9 Å². The van der Waals surface area contributed by atoms with E-state index in [9.17, 15) is 4.79 Å². The fourth-order valence-corrected chi connectivity index (χ4v) is 3.51. The Bertz CT molecular complexity index is 804. The standard InChI is InChI=1S/C13H15N5OS2/c1-8(2)15-7-9-11(17-13-18(9)5-6-20-13)21-12-14-4-3-10(19)16-12/h3-6,8,15H,7H2,1-2H3,(H,14,16,19). The van der Waals surface area contributed by atoms with Crippen LogP contribution in [0.3, 0.4) is 0 Å². The minimum absolute atomic E-state index is 0.157. The van der Waals surface area contributed by atoms with Gasteiger partial charge in [0.2, 0.25) is 0 Å². The summed E-state index contributed by atoms with van der Waals surface area (Å²) in [6, 6.07) is 1.79. The molecule has 0 spiro atoms. The molecule has 0 aliphatic rings. The van der Waals surface area contributed by atoms with Gasteiger partial charge >= 0.3 is 0 Å². The van der Waals surface area contributed by atoms with Gasteiger partial charge in [-0.2, -0.15) is 0 Å². The number of thiazole rings is 1. The molecular formula is C13H15N5OS2. The van der Waals surface area contributed by atoms with Crippen molar-refractivity contribution in [1.29, 1.82) is 0 Å². The van der Waals surface area contributed by atoms with Crippen LogP contribution in [0.15, 0.2) is 38.8 Å². The van der Waals surface area contributed by atoms with Gasteiger partial charge in [-0.25, -0.2) is 9.97 Å². The molecule has 0 aromatic carbocycles. The molecule has 0 atom stereocenters. The van der Waals surface area contributed by atoms with Crippen LogP contribution in [0, 0.1) is 0 Å². The van der Waals surface area contributed by atoms with Crippen molar-refractivity contribution in [3.05, 3.63) is 39.9 Å². The number of nitrogens with zero attached hydrogens (tertiary/aromatic N) is 3. The van der Waals surface area contributed by atoms with Gasteiger partial charge in [-0.15, -0.1) is 11.3 Å². The molecule has 0 saturated heterocycles. The van der Waals surface area contributed by atoms with Crippen LogP contribution in [0.1, 0.15) is 19.5 Å². The predicted octanol–water partition coefficient (Wildman–Crippen LogP) is 2.13. The van der Waals surface area contributed by atoms with E-state index in [4.69, 9.17) is 0 Å². The van der Waals surface area contributed by atoms with Crippen LogP contribution in [-0.2, 0) is 6.54 Å². The molecule has 6 nitrogen and oxygen atoms in total. The fourth-order valence-electron chi connectivity index (χ4n) is 1.85. The molecule has 0 aliphatic heterocycles. The Morgan fingerprint density at radius 1 is 1.52 bits per heavy atom. The monoisotopic (exact) mass is 321 g/mol. The van der Waals surface area contributed by atoms with Gasteiger partial charge in [-0.3, -0.25) is 9.20 Å². The van der Waals surface area contributed by atoms with Crippen LogP contribution in [0.2, 0.25) is 0 Å². The summed E-state index contributed by atoms with van der Waals surface area (Å²) in [5.41, 5.74) is 0.923. The third kappa shape index (κ3) is 3.17. The van der Waals surface area contributed by atoms with E-state index in [1.165, 1.54) is 24.0 Å². The van der Waals surface area contributed by atoms with Gasteiger partial charge in [-0.05, 0) is 11.8 Å². The number of imidazole rings is 1. The number of fused-ring (bicyclic) bond motifs is 1.